The molecule has 5 nitrogen and oxygen atoms in total. The first-order valence-corrected chi connectivity index (χ1v) is 13.8. The molecule has 3 aliphatic rings. The molecule has 2 heterocycles. The lowest BCUT2D eigenvalue weighted by molar-refractivity contribution is -0.142. The highest BCUT2D eigenvalue weighted by Crippen LogP contribution is 2.37. The zero-order valence-corrected chi connectivity index (χ0v) is 21.6. The van der Waals surface area contributed by atoms with Crippen LogP contribution in [-0.4, -0.2) is 54.4 Å². The highest BCUT2D eigenvalue weighted by Gasteiger charge is 2.41. The van der Waals surface area contributed by atoms with Crippen molar-refractivity contribution < 1.29 is 14.3 Å². The lowest BCUT2D eigenvalue weighted by atomic mass is 9.77. The number of ether oxygens (including phenoxy) is 1. The van der Waals surface area contributed by atoms with Gasteiger partial charge in [-0.3, -0.25) is 9.59 Å². The van der Waals surface area contributed by atoms with Crippen LogP contribution in [0.1, 0.15) is 82.6 Å². The van der Waals surface area contributed by atoms with Crippen LogP contribution in [0.4, 0.5) is 0 Å². The number of carbonyl (C=O) groups is 2. The molecule has 2 saturated heterocycles. The van der Waals surface area contributed by atoms with E-state index in [0.29, 0.717) is 26.0 Å². The predicted octanol–water partition coefficient (Wildman–Crippen LogP) is 6.01. The first kappa shape index (κ1) is 25.3. The van der Waals surface area contributed by atoms with Crippen LogP contribution < -0.4 is 4.74 Å². The summed E-state index contributed by atoms with van der Waals surface area (Å²) >= 11 is 6.19. The van der Waals surface area contributed by atoms with Gasteiger partial charge in [-0.05, 0) is 75.1 Å². The van der Waals surface area contributed by atoms with E-state index in [1.54, 1.807) is 0 Å². The molecule has 34 heavy (non-hydrogen) atoms. The molecule has 6 heteroatoms. The second-order valence-corrected chi connectivity index (χ2v) is 11.3. The number of likely N-dealkylation sites (tertiary alicyclic amines) is 2. The third-order valence-electron chi connectivity index (χ3n) is 8.16. The van der Waals surface area contributed by atoms with Crippen LogP contribution in [0.3, 0.4) is 0 Å². The first-order valence-electron chi connectivity index (χ1n) is 13.4. The molecule has 1 aliphatic carbocycles. The van der Waals surface area contributed by atoms with Crippen molar-refractivity contribution in [2.75, 3.05) is 32.8 Å². The molecular formula is C28H41ClN2O3. The summed E-state index contributed by atoms with van der Waals surface area (Å²) in [5.41, 5.74) is 0.633. The Labute approximate surface area is 210 Å². The molecule has 2 aliphatic heterocycles. The number of hydrogen-bond acceptors (Lipinski definition) is 3. The van der Waals surface area contributed by atoms with E-state index in [0.717, 1.165) is 74.0 Å². The predicted molar refractivity (Wildman–Crippen MR) is 136 cm³/mol. The van der Waals surface area contributed by atoms with Gasteiger partial charge in [0.05, 0.1) is 6.61 Å². The highest BCUT2D eigenvalue weighted by molar-refractivity contribution is 6.31. The van der Waals surface area contributed by atoms with Crippen LogP contribution in [0.2, 0.25) is 5.02 Å². The second-order valence-electron chi connectivity index (χ2n) is 10.9. The molecule has 3 fully saturated rings. The minimum atomic E-state index is -0.344. The van der Waals surface area contributed by atoms with E-state index in [1.165, 1.54) is 32.1 Å². The fourth-order valence-electron chi connectivity index (χ4n) is 6.04. The van der Waals surface area contributed by atoms with Gasteiger partial charge in [-0.25, -0.2) is 0 Å². The molecule has 1 unspecified atom stereocenters. The van der Waals surface area contributed by atoms with Gasteiger partial charge in [-0.2, -0.15) is 0 Å². The van der Waals surface area contributed by atoms with Crippen molar-refractivity contribution in [3.05, 3.63) is 28.8 Å². The van der Waals surface area contributed by atoms with E-state index >= 15 is 0 Å². The van der Waals surface area contributed by atoms with E-state index in [4.69, 9.17) is 16.3 Å². The second kappa shape index (κ2) is 11.8. The molecule has 0 aromatic heterocycles. The quantitative estimate of drug-likeness (QED) is 0.450. The topological polar surface area (TPSA) is 49.9 Å². The van der Waals surface area contributed by atoms with Gasteiger partial charge < -0.3 is 14.5 Å². The number of halogens is 1. The Bertz CT molecular complexity index is 848. The van der Waals surface area contributed by atoms with E-state index in [2.05, 4.69) is 0 Å². The highest BCUT2D eigenvalue weighted by atomic mass is 35.5. The number of aryl methyl sites for hydroxylation is 1. The van der Waals surface area contributed by atoms with Crippen molar-refractivity contribution in [2.24, 2.45) is 11.3 Å². The molecule has 0 radical (unpaired) electrons. The molecular weight excluding hydrogens is 448 g/mol. The fraction of sp³-hybridized carbons (Fsp3) is 0.714. The average Bonchev–Trinajstić information content (AvgIpc) is 3.38. The summed E-state index contributed by atoms with van der Waals surface area (Å²) in [5, 5.41) is 0.721. The van der Waals surface area contributed by atoms with E-state index in [1.807, 2.05) is 34.9 Å². The Kier molecular flexibility index (Phi) is 8.79. The van der Waals surface area contributed by atoms with Crippen LogP contribution in [-0.2, 0) is 9.59 Å². The van der Waals surface area contributed by atoms with Gasteiger partial charge in [0, 0.05) is 49.5 Å². The smallest absolute Gasteiger partial charge is 0.223 e. The Balaban J connectivity index is 1.44. The number of carbonyl (C=O) groups excluding carboxylic acids is 2. The largest absolute Gasteiger partial charge is 0.493 e. The summed E-state index contributed by atoms with van der Waals surface area (Å²) in [6.07, 6.45) is 12.5. The summed E-state index contributed by atoms with van der Waals surface area (Å²) in [7, 11) is 0. The van der Waals surface area contributed by atoms with Gasteiger partial charge in [0.1, 0.15) is 5.75 Å². The van der Waals surface area contributed by atoms with Crippen LogP contribution in [0.15, 0.2) is 18.2 Å². The molecule has 4 rings (SSSR count). The molecule has 188 valence electrons. The van der Waals surface area contributed by atoms with Crippen molar-refractivity contribution in [3.63, 3.8) is 0 Å². The maximum absolute atomic E-state index is 13.3. The SMILES string of the molecule is Cc1cc(OCC2(CC(=O)N3CCCCC3)CCCN(C(=O)CCC3CCCC3)C2)ccc1Cl. The summed E-state index contributed by atoms with van der Waals surface area (Å²) < 4.78 is 6.27. The summed E-state index contributed by atoms with van der Waals surface area (Å²) in [4.78, 5) is 30.5. The number of piperidine rings is 2. The van der Waals surface area contributed by atoms with Crippen molar-refractivity contribution in [2.45, 2.75) is 84.0 Å². The van der Waals surface area contributed by atoms with Gasteiger partial charge in [-0.15, -0.1) is 0 Å². The molecule has 1 atom stereocenters. The van der Waals surface area contributed by atoms with Crippen molar-refractivity contribution in [1.29, 1.82) is 0 Å². The maximum Gasteiger partial charge on any atom is 0.223 e. The minimum Gasteiger partial charge on any atom is -0.493 e. The minimum absolute atomic E-state index is 0.218. The Morgan fingerprint density at radius 1 is 1.00 bits per heavy atom. The Morgan fingerprint density at radius 2 is 1.74 bits per heavy atom. The normalized spacial score (nSPS) is 23.8. The molecule has 0 spiro atoms. The van der Waals surface area contributed by atoms with E-state index < -0.39 is 0 Å². The van der Waals surface area contributed by atoms with Crippen molar-refractivity contribution in [1.82, 2.24) is 9.80 Å². The van der Waals surface area contributed by atoms with Gasteiger partial charge in [0.25, 0.3) is 0 Å². The molecule has 1 saturated carbocycles. The average molecular weight is 489 g/mol. The zero-order valence-electron chi connectivity index (χ0n) is 20.8. The van der Waals surface area contributed by atoms with E-state index in [-0.39, 0.29) is 17.2 Å². The number of benzene rings is 1. The number of rotatable bonds is 8. The summed E-state index contributed by atoms with van der Waals surface area (Å²) in [6.45, 7) is 5.54. The molecule has 2 amide bonds. The molecule has 1 aromatic carbocycles. The van der Waals surface area contributed by atoms with Gasteiger partial charge in [-0.1, -0.05) is 37.3 Å². The Morgan fingerprint density at radius 3 is 2.47 bits per heavy atom. The standard InChI is InChI=1S/C28H41ClN2O3/c1-22-18-24(11-12-25(22)29)34-21-28(19-27(33)30-15-5-2-6-16-30)14-7-17-31(20-28)26(32)13-10-23-8-3-4-9-23/h11-12,18,23H,2-10,13-17,19-21H2,1H3. The van der Waals surface area contributed by atoms with Gasteiger partial charge in [0.2, 0.25) is 11.8 Å². The monoisotopic (exact) mass is 488 g/mol. The number of hydrogen-bond donors (Lipinski definition) is 0. The third kappa shape index (κ3) is 6.68. The van der Waals surface area contributed by atoms with E-state index in [9.17, 15) is 9.59 Å². The zero-order chi connectivity index (χ0) is 24.0. The summed E-state index contributed by atoms with van der Waals surface area (Å²) in [5.74, 6) is 1.96. The molecule has 0 N–H and O–H groups in total. The van der Waals surface area contributed by atoms with Crippen LogP contribution in [0.5, 0.6) is 5.75 Å². The maximum atomic E-state index is 13.3. The third-order valence-corrected chi connectivity index (χ3v) is 8.59. The van der Waals surface area contributed by atoms with Crippen molar-refractivity contribution >= 4 is 23.4 Å². The first-order chi connectivity index (χ1) is 16.4. The fourth-order valence-corrected chi connectivity index (χ4v) is 6.16. The van der Waals surface area contributed by atoms with Gasteiger partial charge >= 0.3 is 0 Å². The summed E-state index contributed by atoms with van der Waals surface area (Å²) in [6, 6.07) is 5.70. The lowest BCUT2D eigenvalue weighted by Crippen LogP contribution is -2.51. The van der Waals surface area contributed by atoms with Crippen LogP contribution in [0, 0.1) is 18.3 Å². The number of nitrogens with zero attached hydrogens (tertiary/aromatic N) is 2. The molecule has 1 aromatic rings. The van der Waals surface area contributed by atoms with Crippen LogP contribution >= 0.6 is 11.6 Å². The molecule has 0 bridgehead atoms. The lowest BCUT2D eigenvalue weighted by Gasteiger charge is -2.43. The number of amides is 2. The van der Waals surface area contributed by atoms with Gasteiger partial charge in [0.15, 0.2) is 0 Å². The van der Waals surface area contributed by atoms with Crippen LogP contribution in [0.25, 0.3) is 0 Å². The Hall–Kier alpha value is -1.75. The van der Waals surface area contributed by atoms with Crippen molar-refractivity contribution in [3.8, 4) is 5.75 Å².